The summed E-state index contributed by atoms with van der Waals surface area (Å²) in [6, 6.07) is 0.0263. The average Bonchev–Trinajstić information content (AvgIpc) is 2.14. The van der Waals surface area contributed by atoms with E-state index in [4.69, 9.17) is 5.73 Å². The van der Waals surface area contributed by atoms with Gasteiger partial charge in [0, 0.05) is 12.6 Å². The molecule has 0 spiro atoms. The van der Waals surface area contributed by atoms with E-state index in [2.05, 4.69) is 0 Å². The maximum absolute atomic E-state index is 11.9. The Morgan fingerprint density at radius 3 is 2.27 bits per heavy atom. The number of nitrogens with two attached hydrogens (primary N) is 1. The Morgan fingerprint density at radius 1 is 1.27 bits per heavy atom. The van der Waals surface area contributed by atoms with Crippen molar-refractivity contribution < 1.29 is 8.42 Å². The molecule has 0 aliphatic heterocycles. The predicted molar refractivity (Wildman–Crippen MR) is 64.2 cm³/mol. The van der Waals surface area contributed by atoms with Crippen LogP contribution in [0.25, 0.3) is 0 Å². The molecule has 92 valence electrons. The van der Waals surface area contributed by atoms with Crippen molar-refractivity contribution >= 4 is 10.0 Å². The highest BCUT2D eigenvalue weighted by Crippen LogP contribution is 2.10. The molecule has 0 aromatic rings. The number of rotatable bonds is 8. The van der Waals surface area contributed by atoms with Gasteiger partial charge in [-0.3, -0.25) is 0 Å². The Labute approximate surface area is 93.9 Å². The average molecular weight is 236 g/mol. The zero-order chi connectivity index (χ0) is 11.9. The molecule has 15 heavy (non-hydrogen) atoms. The molecular weight excluding hydrogens is 212 g/mol. The third kappa shape index (κ3) is 5.49. The molecule has 0 heterocycles. The van der Waals surface area contributed by atoms with E-state index >= 15 is 0 Å². The third-order valence-corrected chi connectivity index (χ3v) is 4.40. The summed E-state index contributed by atoms with van der Waals surface area (Å²) in [5, 5.41) is 0. The highest BCUT2D eigenvalue weighted by Gasteiger charge is 2.23. The summed E-state index contributed by atoms with van der Waals surface area (Å²) in [6.07, 6.45) is 2.36. The first-order valence-electron chi connectivity index (χ1n) is 5.65. The Bertz CT molecular complexity index is 250. The van der Waals surface area contributed by atoms with Crippen LogP contribution in [0, 0.1) is 0 Å². The van der Waals surface area contributed by atoms with E-state index in [0.717, 1.165) is 19.3 Å². The van der Waals surface area contributed by atoms with Gasteiger partial charge in [0.2, 0.25) is 10.0 Å². The molecule has 0 aromatic heterocycles. The molecule has 5 heteroatoms. The van der Waals surface area contributed by atoms with E-state index in [-0.39, 0.29) is 11.8 Å². The molecule has 0 aliphatic carbocycles. The monoisotopic (exact) mass is 236 g/mol. The fourth-order valence-corrected chi connectivity index (χ4v) is 3.35. The first kappa shape index (κ1) is 14.9. The van der Waals surface area contributed by atoms with Gasteiger partial charge in [-0.15, -0.1) is 0 Å². The van der Waals surface area contributed by atoms with Crippen molar-refractivity contribution in [2.24, 2.45) is 5.73 Å². The second-order valence-electron chi connectivity index (χ2n) is 4.02. The minimum atomic E-state index is -3.08. The van der Waals surface area contributed by atoms with Crippen LogP contribution in [0.4, 0.5) is 0 Å². The molecule has 0 bridgehead atoms. The summed E-state index contributed by atoms with van der Waals surface area (Å²) in [7, 11) is -3.08. The first-order valence-corrected chi connectivity index (χ1v) is 7.26. The molecule has 0 aliphatic rings. The molecule has 0 amide bonds. The second-order valence-corrected chi connectivity index (χ2v) is 6.06. The Balaban J connectivity index is 4.45. The van der Waals surface area contributed by atoms with E-state index < -0.39 is 10.0 Å². The van der Waals surface area contributed by atoms with Gasteiger partial charge in [0.1, 0.15) is 0 Å². The van der Waals surface area contributed by atoms with Gasteiger partial charge in [0.05, 0.1) is 5.75 Å². The van der Waals surface area contributed by atoms with Crippen molar-refractivity contribution in [3.8, 4) is 0 Å². The third-order valence-electron chi connectivity index (χ3n) is 2.27. The number of hydrogen-bond acceptors (Lipinski definition) is 3. The molecule has 0 saturated heterocycles. The molecule has 0 atom stereocenters. The zero-order valence-electron chi connectivity index (χ0n) is 10.1. The lowest BCUT2D eigenvalue weighted by Crippen LogP contribution is -2.39. The van der Waals surface area contributed by atoms with Crippen LogP contribution >= 0.6 is 0 Å². The van der Waals surface area contributed by atoms with Gasteiger partial charge < -0.3 is 5.73 Å². The number of hydrogen-bond donors (Lipinski definition) is 1. The van der Waals surface area contributed by atoms with Crippen LogP contribution in [0.5, 0.6) is 0 Å². The summed E-state index contributed by atoms with van der Waals surface area (Å²) in [6.45, 7) is 6.88. The fraction of sp³-hybridized carbons (Fsp3) is 1.00. The van der Waals surface area contributed by atoms with Gasteiger partial charge in [-0.25, -0.2) is 8.42 Å². The van der Waals surface area contributed by atoms with Crippen LogP contribution in [-0.2, 0) is 10.0 Å². The van der Waals surface area contributed by atoms with Crippen molar-refractivity contribution in [3.63, 3.8) is 0 Å². The van der Waals surface area contributed by atoms with Crippen LogP contribution in [0.15, 0.2) is 0 Å². The predicted octanol–water partition coefficient (Wildman–Crippen LogP) is 1.18. The minimum absolute atomic E-state index is 0.0263. The zero-order valence-corrected chi connectivity index (χ0v) is 10.9. The first-order chi connectivity index (χ1) is 6.95. The van der Waals surface area contributed by atoms with E-state index in [0.29, 0.717) is 13.1 Å². The lowest BCUT2D eigenvalue weighted by molar-refractivity contribution is 0.350. The fourth-order valence-electron chi connectivity index (χ4n) is 1.41. The molecule has 0 fully saturated rings. The normalized spacial score (nSPS) is 12.7. The lowest BCUT2D eigenvalue weighted by atomic mass is 10.3. The summed E-state index contributed by atoms with van der Waals surface area (Å²) >= 11 is 0. The SMILES string of the molecule is CCCCS(=O)(=O)N(CCCN)C(C)C. The van der Waals surface area contributed by atoms with E-state index in [1.807, 2.05) is 20.8 Å². The Hall–Kier alpha value is -0.130. The topological polar surface area (TPSA) is 63.4 Å². The molecule has 0 aromatic carbocycles. The van der Waals surface area contributed by atoms with Gasteiger partial charge in [0.15, 0.2) is 0 Å². The number of unbranched alkanes of at least 4 members (excludes halogenated alkanes) is 1. The van der Waals surface area contributed by atoms with Gasteiger partial charge in [-0.05, 0) is 33.2 Å². The molecule has 0 radical (unpaired) electrons. The molecule has 2 N–H and O–H groups in total. The highest BCUT2D eigenvalue weighted by molar-refractivity contribution is 7.89. The minimum Gasteiger partial charge on any atom is -0.330 e. The van der Waals surface area contributed by atoms with E-state index in [1.165, 1.54) is 0 Å². The van der Waals surface area contributed by atoms with Crippen molar-refractivity contribution in [1.29, 1.82) is 0 Å². The van der Waals surface area contributed by atoms with Crippen molar-refractivity contribution in [2.45, 2.75) is 46.1 Å². The van der Waals surface area contributed by atoms with Crippen molar-refractivity contribution in [1.82, 2.24) is 4.31 Å². The lowest BCUT2D eigenvalue weighted by Gasteiger charge is -2.25. The van der Waals surface area contributed by atoms with Crippen LogP contribution < -0.4 is 5.73 Å². The smallest absolute Gasteiger partial charge is 0.214 e. The van der Waals surface area contributed by atoms with Gasteiger partial charge >= 0.3 is 0 Å². The molecule has 0 rings (SSSR count). The second kappa shape index (κ2) is 7.19. The van der Waals surface area contributed by atoms with Crippen LogP contribution in [0.3, 0.4) is 0 Å². The largest absolute Gasteiger partial charge is 0.330 e. The quantitative estimate of drug-likeness (QED) is 0.688. The molecule has 0 unspecified atom stereocenters. The van der Waals surface area contributed by atoms with Crippen molar-refractivity contribution in [3.05, 3.63) is 0 Å². The Morgan fingerprint density at radius 2 is 1.87 bits per heavy atom. The molecule has 4 nitrogen and oxygen atoms in total. The number of nitrogens with zero attached hydrogens (tertiary/aromatic N) is 1. The van der Waals surface area contributed by atoms with Crippen molar-refractivity contribution in [2.75, 3.05) is 18.8 Å². The summed E-state index contributed by atoms with van der Waals surface area (Å²) in [5.74, 6) is 0.256. The van der Waals surface area contributed by atoms with Crippen LogP contribution in [0.1, 0.15) is 40.0 Å². The summed E-state index contributed by atoms with van der Waals surface area (Å²) in [5.41, 5.74) is 5.40. The maximum Gasteiger partial charge on any atom is 0.214 e. The Kier molecular flexibility index (Phi) is 7.13. The van der Waals surface area contributed by atoms with Gasteiger partial charge in [-0.2, -0.15) is 4.31 Å². The van der Waals surface area contributed by atoms with E-state index in [1.54, 1.807) is 4.31 Å². The summed E-state index contributed by atoms with van der Waals surface area (Å²) in [4.78, 5) is 0. The highest BCUT2D eigenvalue weighted by atomic mass is 32.2. The number of sulfonamides is 1. The standard InChI is InChI=1S/C10H24N2O2S/c1-4-5-9-15(13,14)12(10(2)3)8-6-7-11/h10H,4-9,11H2,1-3H3. The van der Waals surface area contributed by atoms with Crippen LogP contribution in [-0.4, -0.2) is 37.6 Å². The maximum atomic E-state index is 11.9. The van der Waals surface area contributed by atoms with Gasteiger partial charge in [0.25, 0.3) is 0 Å². The van der Waals surface area contributed by atoms with Crippen LogP contribution in [0.2, 0.25) is 0 Å². The van der Waals surface area contributed by atoms with Gasteiger partial charge in [-0.1, -0.05) is 13.3 Å². The molecular formula is C10H24N2O2S. The summed E-state index contributed by atoms with van der Waals surface area (Å²) < 4.78 is 25.4. The van der Waals surface area contributed by atoms with E-state index in [9.17, 15) is 8.42 Å². The molecule has 0 saturated carbocycles.